The van der Waals surface area contributed by atoms with Crippen molar-refractivity contribution in [3.05, 3.63) is 79.1 Å². The highest BCUT2D eigenvalue weighted by Crippen LogP contribution is 2.50. The molecule has 0 radical (unpaired) electrons. The van der Waals surface area contributed by atoms with Gasteiger partial charge in [0.15, 0.2) is 0 Å². The van der Waals surface area contributed by atoms with E-state index in [1.807, 2.05) is 30.3 Å². The van der Waals surface area contributed by atoms with Crippen molar-refractivity contribution in [2.45, 2.75) is 28.8 Å². The number of nitrogens with one attached hydrogen (secondary N) is 2. The number of aromatic nitrogens is 2. The molecule has 5 heterocycles. The van der Waals surface area contributed by atoms with E-state index < -0.39 is 11.3 Å². The number of anilines is 2. The summed E-state index contributed by atoms with van der Waals surface area (Å²) in [6.07, 6.45) is 5.17. The predicted octanol–water partition coefficient (Wildman–Crippen LogP) is 3.55. The lowest BCUT2D eigenvalue weighted by Crippen LogP contribution is -2.50. The smallest absolute Gasteiger partial charge is 0.327 e. The third-order valence-electron chi connectivity index (χ3n) is 6.73. The maximum atomic E-state index is 13.3. The fourth-order valence-corrected chi connectivity index (χ4v) is 6.18. The molecular weight excluding hydrogens is 504 g/mol. The number of hydrogen-bond donors (Lipinski definition) is 2. The molecule has 11 heteroatoms. The van der Waals surface area contributed by atoms with Crippen molar-refractivity contribution in [2.75, 3.05) is 18.0 Å². The lowest BCUT2D eigenvalue weighted by molar-refractivity contribution is -0.126. The zero-order valence-corrected chi connectivity index (χ0v) is 21.1. The first kappa shape index (κ1) is 24.0. The van der Waals surface area contributed by atoms with Crippen LogP contribution in [-0.2, 0) is 9.59 Å². The molecule has 1 saturated heterocycles. The number of pyridine rings is 2. The van der Waals surface area contributed by atoms with Crippen molar-refractivity contribution in [3.8, 4) is 11.6 Å². The molecule has 2 aromatic heterocycles. The van der Waals surface area contributed by atoms with Gasteiger partial charge in [0.05, 0.1) is 23.6 Å². The highest BCUT2D eigenvalue weighted by molar-refractivity contribution is 8.01. The van der Waals surface area contributed by atoms with Crippen LogP contribution in [0.2, 0.25) is 0 Å². The van der Waals surface area contributed by atoms with E-state index in [-0.39, 0.29) is 23.9 Å². The summed E-state index contributed by atoms with van der Waals surface area (Å²) >= 11 is 1.33. The second kappa shape index (κ2) is 9.82. The van der Waals surface area contributed by atoms with Gasteiger partial charge in [0.25, 0.3) is 0 Å². The van der Waals surface area contributed by atoms with E-state index in [0.29, 0.717) is 47.5 Å². The van der Waals surface area contributed by atoms with Crippen LogP contribution < -0.4 is 20.3 Å². The Bertz CT molecular complexity index is 1420. The van der Waals surface area contributed by atoms with Gasteiger partial charge in [-0.1, -0.05) is 36.5 Å². The average molecular weight is 529 g/mol. The van der Waals surface area contributed by atoms with Gasteiger partial charge in [0, 0.05) is 37.0 Å². The highest BCUT2D eigenvalue weighted by atomic mass is 32.2. The number of rotatable bonds is 6. The van der Waals surface area contributed by atoms with Crippen molar-refractivity contribution in [3.63, 3.8) is 0 Å². The molecule has 3 atom stereocenters. The Hall–Kier alpha value is -4.38. The first-order chi connectivity index (χ1) is 18.5. The van der Waals surface area contributed by atoms with Crippen LogP contribution in [0.4, 0.5) is 16.2 Å². The van der Waals surface area contributed by atoms with E-state index in [1.165, 1.54) is 22.7 Å². The average Bonchev–Trinajstić information content (AvgIpc) is 3.55. The molecule has 2 unspecified atom stereocenters. The van der Waals surface area contributed by atoms with Crippen LogP contribution in [0, 0.1) is 0 Å². The minimum Gasteiger partial charge on any atom is -0.439 e. The molecule has 0 bridgehead atoms. The number of para-hydroxylation sites is 1. The van der Waals surface area contributed by atoms with Crippen LogP contribution in [0.5, 0.6) is 11.6 Å². The summed E-state index contributed by atoms with van der Waals surface area (Å²) in [5.74, 6) is 0.728. The third-order valence-corrected chi connectivity index (χ3v) is 8.02. The van der Waals surface area contributed by atoms with Crippen LogP contribution in [0.3, 0.4) is 0 Å². The Labute approximate surface area is 223 Å². The zero-order valence-electron chi connectivity index (χ0n) is 20.2. The summed E-state index contributed by atoms with van der Waals surface area (Å²) in [5, 5.41) is 6.17. The number of hydrogen-bond acceptors (Lipinski definition) is 7. The van der Waals surface area contributed by atoms with Crippen LogP contribution >= 0.6 is 11.8 Å². The Balaban J connectivity index is 1.20. The van der Waals surface area contributed by atoms with E-state index in [4.69, 9.17) is 4.74 Å². The van der Waals surface area contributed by atoms with Crippen molar-refractivity contribution in [2.24, 2.45) is 0 Å². The lowest BCUT2D eigenvalue weighted by Gasteiger charge is -2.34. The van der Waals surface area contributed by atoms with Gasteiger partial charge in [-0.15, -0.1) is 0 Å². The molecule has 1 fully saturated rings. The summed E-state index contributed by atoms with van der Waals surface area (Å²) in [4.78, 5) is 50.6. The quantitative estimate of drug-likeness (QED) is 0.470. The van der Waals surface area contributed by atoms with E-state index in [2.05, 4.69) is 27.2 Å². The number of benzene rings is 1. The number of carbonyl (C=O) groups is 3. The lowest BCUT2D eigenvalue weighted by atomic mass is 10.00. The number of urea groups is 1. The summed E-state index contributed by atoms with van der Waals surface area (Å²) in [5.41, 5.74) is 2.02. The van der Waals surface area contributed by atoms with Gasteiger partial charge in [-0.3, -0.25) is 14.5 Å². The molecule has 3 aliphatic heterocycles. The predicted molar refractivity (Wildman–Crippen MR) is 141 cm³/mol. The van der Waals surface area contributed by atoms with E-state index >= 15 is 0 Å². The Kier molecular flexibility index (Phi) is 6.20. The minimum atomic E-state index is -0.575. The van der Waals surface area contributed by atoms with Crippen molar-refractivity contribution in [1.29, 1.82) is 0 Å². The van der Waals surface area contributed by atoms with Crippen LogP contribution in [0.25, 0.3) is 0 Å². The van der Waals surface area contributed by atoms with Gasteiger partial charge in [-0.25, -0.2) is 14.8 Å². The van der Waals surface area contributed by atoms with E-state index in [0.717, 1.165) is 5.56 Å². The van der Waals surface area contributed by atoms with Crippen molar-refractivity contribution in [1.82, 2.24) is 25.5 Å². The summed E-state index contributed by atoms with van der Waals surface area (Å²) in [6.45, 7) is 4.53. The molecule has 1 aromatic carbocycles. The fraction of sp³-hybridized carbons (Fsp3) is 0.222. The number of ether oxygens (including phenoxy) is 1. The molecular formula is C27H24N6O4S. The molecule has 0 saturated carbocycles. The normalized spacial score (nSPS) is 21.5. The molecule has 3 aromatic rings. The van der Waals surface area contributed by atoms with Gasteiger partial charge in [0.2, 0.25) is 17.7 Å². The van der Waals surface area contributed by atoms with Gasteiger partial charge in [0.1, 0.15) is 16.0 Å². The second-order valence-electron chi connectivity index (χ2n) is 9.10. The third kappa shape index (κ3) is 4.34. The Morgan fingerprint density at radius 1 is 1.16 bits per heavy atom. The van der Waals surface area contributed by atoms with E-state index in [1.54, 1.807) is 35.5 Å². The molecule has 2 N–H and O–H groups in total. The zero-order chi connectivity index (χ0) is 26.2. The number of carbonyl (C=O) groups excluding carboxylic acids is 3. The first-order valence-electron chi connectivity index (χ1n) is 12.2. The maximum absolute atomic E-state index is 13.3. The van der Waals surface area contributed by atoms with E-state index in [9.17, 15) is 14.4 Å². The number of amides is 4. The number of thioether (sulfide) groups is 1. The largest absolute Gasteiger partial charge is 0.439 e. The van der Waals surface area contributed by atoms with Gasteiger partial charge in [-0.2, -0.15) is 0 Å². The van der Waals surface area contributed by atoms with Crippen LogP contribution in [-0.4, -0.2) is 57.1 Å². The molecule has 0 spiro atoms. The standard InChI is InChI=1S/C27H24N6O4S/c1-2-21(34)32-13-11-16(15-32)30-25(35)24-23-22-19(10-12-28-26(22)38-24)33(27(36)31-23)17-8-9-20(29-14-17)37-18-6-4-3-5-7-18/h2-10,12,14,16,23-24H,1,11,13,15H2,(H,30,35)(H,31,36)/t16?,23?,24-/m1/s1. The summed E-state index contributed by atoms with van der Waals surface area (Å²) in [7, 11) is 0. The summed E-state index contributed by atoms with van der Waals surface area (Å²) < 4.78 is 5.77. The SMILES string of the molecule is C=CC(=O)N1CCC(NC(=O)[C@@H]2Sc3nccc4c3C2NC(=O)N4c2ccc(Oc3ccccc3)nc2)C1. The van der Waals surface area contributed by atoms with Crippen LogP contribution in [0.1, 0.15) is 18.0 Å². The molecule has 0 aliphatic carbocycles. The van der Waals surface area contributed by atoms with Gasteiger partial charge >= 0.3 is 6.03 Å². The fourth-order valence-electron chi connectivity index (χ4n) is 4.95. The molecule has 3 aliphatic rings. The molecule has 38 heavy (non-hydrogen) atoms. The van der Waals surface area contributed by atoms with Crippen molar-refractivity contribution < 1.29 is 19.1 Å². The van der Waals surface area contributed by atoms with Gasteiger partial charge in [-0.05, 0) is 36.8 Å². The second-order valence-corrected chi connectivity index (χ2v) is 10.2. The maximum Gasteiger partial charge on any atom is 0.327 e. The molecule has 10 nitrogen and oxygen atoms in total. The molecule has 6 rings (SSSR count). The van der Waals surface area contributed by atoms with Crippen LogP contribution in [0.15, 0.2) is 78.6 Å². The minimum absolute atomic E-state index is 0.146. The Morgan fingerprint density at radius 3 is 2.76 bits per heavy atom. The summed E-state index contributed by atoms with van der Waals surface area (Å²) in [6, 6.07) is 13.5. The molecule has 4 amide bonds. The number of likely N-dealkylation sites (tertiary alicyclic amines) is 1. The number of nitrogens with zero attached hydrogens (tertiary/aromatic N) is 4. The Morgan fingerprint density at radius 2 is 2.00 bits per heavy atom. The van der Waals surface area contributed by atoms with Crippen molar-refractivity contribution >= 4 is 41.0 Å². The van der Waals surface area contributed by atoms with Gasteiger partial charge < -0.3 is 20.3 Å². The monoisotopic (exact) mass is 528 g/mol. The molecule has 192 valence electrons. The topological polar surface area (TPSA) is 117 Å². The first-order valence-corrected chi connectivity index (χ1v) is 13.1. The highest BCUT2D eigenvalue weighted by Gasteiger charge is 2.47.